The van der Waals surface area contributed by atoms with Gasteiger partial charge in [0.05, 0.1) is 16.2 Å². The van der Waals surface area contributed by atoms with Gasteiger partial charge in [-0.1, -0.05) is 18.2 Å². The lowest BCUT2D eigenvalue weighted by Gasteiger charge is -2.12. The molecule has 148 valence electrons. The number of nitrogens with zero attached hydrogens (tertiary/aromatic N) is 4. The lowest BCUT2D eigenvalue weighted by molar-refractivity contribution is -0.137. The topological polar surface area (TPSA) is 89.2 Å². The van der Waals surface area contributed by atoms with Crippen LogP contribution in [0.1, 0.15) is 5.56 Å². The summed E-state index contributed by atoms with van der Waals surface area (Å²) >= 11 is 0. The summed E-state index contributed by atoms with van der Waals surface area (Å²) in [4.78, 5) is -0.484. The van der Waals surface area contributed by atoms with Crippen LogP contribution in [0.4, 0.5) is 18.9 Å². The monoisotopic (exact) mass is 419 g/mol. The molecule has 4 rings (SSSR count). The van der Waals surface area contributed by atoms with Crippen LogP contribution in [-0.4, -0.2) is 28.2 Å². The lowest BCUT2D eigenvalue weighted by atomic mass is 10.1. The molecule has 0 fully saturated rings. The van der Waals surface area contributed by atoms with Crippen molar-refractivity contribution >= 4 is 21.4 Å². The average Bonchev–Trinajstić information content (AvgIpc) is 3.15. The molecule has 2 heterocycles. The number of sulfonamides is 1. The summed E-state index contributed by atoms with van der Waals surface area (Å²) < 4.78 is 67.5. The molecule has 0 aliphatic heterocycles. The first-order valence-corrected chi connectivity index (χ1v) is 9.68. The van der Waals surface area contributed by atoms with E-state index in [2.05, 4.69) is 20.0 Å². The summed E-state index contributed by atoms with van der Waals surface area (Å²) in [7, 11) is -4.22. The Balaban J connectivity index is 1.65. The van der Waals surface area contributed by atoms with Gasteiger partial charge >= 0.3 is 6.18 Å². The van der Waals surface area contributed by atoms with E-state index in [-0.39, 0.29) is 5.69 Å². The molecular formula is C18H12F3N5O2S. The number of fused-ring (bicyclic) bond motifs is 1. The van der Waals surface area contributed by atoms with Crippen molar-refractivity contribution in [2.24, 2.45) is 0 Å². The number of nitrogens with one attached hydrogen (secondary N) is 1. The molecule has 0 saturated carbocycles. The van der Waals surface area contributed by atoms with E-state index in [1.807, 2.05) is 0 Å². The summed E-state index contributed by atoms with van der Waals surface area (Å²) in [5.74, 6) is 0. The first-order chi connectivity index (χ1) is 13.7. The van der Waals surface area contributed by atoms with Crippen LogP contribution in [0.2, 0.25) is 0 Å². The van der Waals surface area contributed by atoms with Crippen molar-refractivity contribution in [3.63, 3.8) is 0 Å². The number of hydrogen-bond donors (Lipinski definition) is 1. The van der Waals surface area contributed by atoms with Crippen LogP contribution >= 0.6 is 0 Å². The second-order valence-electron chi connectivity index (χ2n) is 6.06. The van der Waals surface area contributed by atoms with Gasteiger partial charge in [0, 0.05) is 11.3 Å². The molecule has 0 atom stereocenters. The summed E-state index contributed by atoms with van der Waals surface area (Å²) in [6, 6.07) is 13.3. The van der Waals surface area contributed by atoms with E-state index in [0.29, 0.717) is 23.0 Å². The molecule has 0 aliphatic rings. The maximum atomic E-state index is 12.9. The predicted molar refractivity (Wildman–Crippen MR) is 98.5 cm³/mol. The average molecular weight is 419 g/mol. The van der Waals surface area contributed by atoms with E-state index in [1.54, 1.807) is 24.3 Å². The van der Waals surface area contributed by atoms with Gasteiger partial charge < -0.3 is 0 Å². The smallest absolute Gasteiger partial charge is 0.280 e. The van der Waals surface area contributed by atoms with Crippen LogP contribution in [0.25, 0.3) is 16.9 Å². The minimum atomic E-state index is -4.64. The van der Waals surface area contributed by atoms with Gasteiger partial charge in [-0.3, -0.25) is 4.72 Å². The molecule has 29 heavy (non-hydrogen) atoms. The molecule has 0 aliphatic carbocycles. The summed E-state index contributed by atoms with van der Waals surface area (Å²) in [6.45, 7) is 0. The van der Waals surface area contributed by atoms with Gasteiger partial charge in [-0.2, -0.15) is 22.8 Å². The molecule has 1 N–H and O–H groups in total. The molecule has 0 amide bonds. The molecule has 4 aromatic rings. The fourth-order valence-corrected chi connectivity index (χ4v) is 3.77. The molecule has 7 nitrogen and oxygen atoms in total. The van der Waals surface area contributed by atoms with Crippen LogP contribution in [0.15, 0.2) is 71.9 Å². The quantitative estimate of drug-likeness (QED) is 0.546. The predicted octanol–water partition coefficient (Wildman–Crippen LogP) is 3.61. The number of anilines is 1. The van der Waals surface area contributed by atoms with Crippen LogP contribution < -0.4 is 4.72 Å². The van der Waals surface area contributed by atoms with Crippen molar-refractivity contribution in [2.45, 2.75) is 11.1 Å². The Morgan fingerprint density at radius 3 is 2.55 bits per heavy atom. The van der Waals surface area contributed by atoms with Crippen molar-refractivity contribution in [3.8, 4) is 11.3 Å². The van der Waals surface area contributed by atoms with E-state index in [0.717, 1.165) is 18.2 Å². The zero-order valence-corrected chi connectivity index (χ0v) is 15.3. The van der Waals surface area contributed by atoms with E-state index < -0.39 is 26.7 Å². The standard InChI is InChI=1S/C18H12F3N5O2S/c19-18(20,21)13-4-2-6-15(10-13)29(27,28)25-14-5-1-3-12(9-14)16-7-8-17-23-22-11-26(17)24-16/h1-11,25H. The first kappa shape index (κ1) is 18.9. The summed E-state index contributed by atoms with van der Waals surface area (Å²) in [5, 5.41) is 11.9. The van der Waals surface area contributed by atoms with Crippen molar-refractivity contribution in [2.75, 3.05) is 4.72 Å². The third kappa shape index (κ3) is 3.90. The Bertz CT molecular complexity index is 1300. The number of benzene rings is 2. The molecular weight excluding hydrogens is 407 g/mol. The van der Waals surface area contributed by atoms with Crippen molar-refractivity contribution in [3.05, 3.63) is 72.6 Å². The molecule has 0 spiro atoms. The maximum Gasteiger partial charge on any atom is 0.416 e. The van der Waals surface area contributed by atoms with E-state index in [9.17, 15) is 21.6 Å². The first-order valence-electron chi connectivity index (χ1n) is 8.20. The highest BCUT2D eigenvalue weighted by molar-refractivity contribution is 7.92. The van der Waals surface area contributed by atoms with Gasteiger partial charge in [0.15, 0.2) is 5.65 Å². The number of halogens is 3. The third-order valence-corrected chi connectivity index (χ3v) is 5.42. The number of aromatic nitrogens is 4. The highest BCUT2D eigenvalue weighted by atomic mass is 32.2. The van der Waals surface area contributed by atoms with E-state index in [1.165, 1.54) is 23.0 Å². The molecule has 0 bridgehead atoms. The summed E-state index contributed by atoms with van der Waals surface area (Å²) in [6.07, 6.45) is -3.21. The van der Waals surface area contributed by atoms with Crippen molar-refractivity contribution < 1.29 is 21.6 Å². The molecule has 0 radical (unpaired) electrons. The van der Waals surface area contributed by atoms with E-state index in [4.69, 9.17) is 0 Å². The van der Waals surface area contributed by atoms with Crippen molar-refractivity contribution in [1.82, 2.24) is 19.8 Å². The highest BCUT2D eigenvalue weighted by Gasteiger charge is 2.31. The lowest BCUT2D eigenvalue weighted by Crippen LogP contribution is -2.14. The largest absolute Gasteiger partial charge is 0.416 e. The number of rotatable bonds is 4. The Morgan fingerprint density at radius 2 is 1.76 bits per heavy atom. The van der Waals surface area contributed by atoms with Gasteiger partial charge in [0.1, 0.15) is 6.33 Å². The van der Waals surface area contributed by atoms with Gasteiger partial charge in [0.2, 0.25) is 0 Å². The summed E-state index contributed by atoms with van der Waals surface area (Å²) in [5.41, 5.74) is 0.837. The Morgan fingerprint density at radius 1 is 0.966 bits per heavy atom. The van der Waals surface area contributed by atoms with Gasteiger partial charge in [-0.25, -0.2) is 8.42 Å². The maximum absolute atomic E-state index is 12.9. The second-order valence-corrected chi connectivity index (χ2v) is 7.75. The Labute approximate surface area is 162 Å². The van der Waals surface area contributed by atoms with Crippen molar-refractivity contribution in [1.29, 1.82) is 0 Å². The number of alkyl halides is 3. The van der Waals surface area contributed by atoms with Gasteiger partial charge in [0.25, 0.3) is 10.0 Å². The SMILES string of the molecule is O=S(=O)(Nc1cccc(-c2ccc3nncn3n2)c1)c1cccc(C(F)(F)F)c1. The van der Waals surface area contributed by atoms with Gasteiger partial charge in [-0.05, 0) is 42.5 Å². The highest BCUT2D eigenvalue weighted by Crippen LogP contribution is 2.31. The molecule has 11 heteroatoms. The van der Waals surface area contributed by atoms with Crippen LogP contribution in [0, 0.1) is 0 Å². The zero-order valence-electron chi connectivity index (χ0n) is 14.5. The fraction of sp³-hybridized carbons (Fsp3) is 0.0556. The Hall–Kier alpha value is -3.47. The number of hydrogen-bond acceptors (Lipinski definition) is 5. The minimum absolute atomic E-state index is 0.186. The second kappa shape index (κ2) is 6.85. The van der Waals surface area contributed by atoms with Gasteiger partial charge in [-0.15, -0.1) is 10.2 Å². The van der Waals surface area contributed by atoms with E-state index >= 15 is 0 Å². The molecule has 0 unspecified atom stereocenters. The Kier molecular flexibility index (Phi) is 4.46. The van der Waals surface area contributed by atoms with Crippen LogP contribution in [-0.2, 0) is 16.2 Å². The third-order valence-electron chi connectivity index (χ3n) is 4.04. The fourth-order valence-electron chi connectivity index (χ4n) is 2.68. The van der Waals surface area contributed by atoms with Crippen LogP contribution in [0.3, 0.4) is 0 Å². The molecule has 2 aromatic heterocycles. The molecule has 0 saturated heterocycles. The normalized spacial score (nSPS) is 12.2. The minimum Gasteiger partial charge on any atom is -0.280 e. The zero-order chi connectivity index (χ0) is 20.6. The molecule has 2 aromatic carbocycles. The van der Waals surface area contributed by atoms with Crippen LogP contribution in [0.5, 0.6) is 0 Å².